The standard InChI is InChI=1S/C25H20N6S/c26-22-24(31(21-13-4-5-14-27-21)16-18-8-2-1-3-9-18)29-17-30-25(22)32-20-12-6-10-19-11-7-15-28-23(19)20/h1-15,17H,16,26H2. The van der Waals surface area contributed by atoms with Crippen LogP contribution in [0.15, 0.2) is 108 Å². The highest BCUT2D eigenvalue weighted by molar-refractivity contribution is 7.99. The van der Waals surface area contributed by atoms with Gasteiger partial charge in [0.2, 0.25) is 0 Å². The summed E-state index contributed by atoms with van der Waals surface area (Å²) in [5.41, 5.74) is 9.19. The van der Waals surface area contributed by atoms with E-state index in [0.717, 1.165) is 27.2 Å². The summed E-state index contributed by atoms with van der Waals surface area (Å²) in [5, 5.41) is 1.76. The molecule has 3 aromatic heterocycles. The third kappa shape index (κ3) is 4.10. The molecule has 32 heavy (non-hydrogen) atoms. The maximum absolute atomic E-state index is 6.63. The molecule has 156 valence electrons. The summed E-state index contributed by atoms with van der Waals surface area (Å²) in [6.07, 6.45) is 5.11. The van der Waals surface area contributed by atoms with Gasteiger partial charge < -0.3 is 10.6 Å². The maximum Gasteiger partial charge on any atom is 0.162 e. The number of anilines is 3. The van der Waals surface area contributed by atoms with E-state index < -0.39 is 0 Å². The number of hydrogen-bond acceptors (Lipinski definition) is 7. The smallest absolute Gasteiger partial charge is 0.162 e. The Morgan fingerprint density at radius 3 is 2.41 bits per heavy atom. The topological polar surface area (TPSA) is 80.8 Å². The van der Waals surface area contributed by atoms with Crippen LogP contribution in [0.2, 0.25) is 0 Å². The van der Waals surface area contributed by atoms with Crippen molar-refractivity contribution in [3.63, 3.8) is 0 Å². The van der Waals surface area contributed by atoms with Gasteiger partial charge in [0.05, 0.1) is 12.1 Å². The number of aromatic nitrogens is 4. The molecular weight excluding hydrogens is 416 g/mol. The molecule has 0 amide bonds. The minimum absolute atomic E-state index is 0.506. The van der Waals surface area contributed by atoms with E-state index in [9.17, 15) is 0 Å². The fraction of sp³-hybridized carbons (Fsp3) is 0.0400. The van der Waals surface area contributed by atoms with Crippen LogP contribution in [-0.2, 0) is 6.54 Å². The molecule has 0 unspecified atom stereocenters. The van der Waals surface area contributed by atoms with E-state index in [1.807, 2.05) is 71.6 Å². The first-order valence-corrected chi connectivity index (χ1v) is 11.0. The average molecular weight is 437 g/mol. The third-order valence-corrected chi connectivity index (χ3v) is 6.06. The summed E-state index contributed by atoms with van der Waals surface area (Å²) < 4.78 is 0. The lowest BCUT2D eigenvalue weighted by atomic mass is 10.2. The van der Waals surface area contributed by atoms with Crippen molar-refractivity contribution in [1.82, 2.24) is 19.9 Å². The summed E-state index contributed by atoms with van der Waals surface area (Å²) >= 11 is 1.49. The van der Waals surface area contributed by atoms with Crippen molar-refractivity contribution < 1.29 is 0 Å². The molecule has 7 heteroatoms. The number of nitrogen functional groups attached to an aromatic ring is 1. The predicted octanol–water partition coefficient (Wildman–Crippen LogP) is 5.49. The van der Waals surface area contributed by atoms with Gasteiger partial charge in [-0.25, -0.2) is 15.0 Å². The van der Waals surface area contributed by atoms with Crippen molar-refractivity contribution in [2.24, 2.45) is 0 Å². The second kappa shape index (κ2) is 9.03. The predicted molar refractivity (Wildman–Crippen MR) is 129 cm³/mol. The average Bonchev–Trinajstić information content (AvgIpc) is 2.85. The second-order valence-corrected chi connectivity index (χ2v) is 8.14. The zero-order valence-electron chi connectivity index (χ0n) is 17.2. The van der Waals surface area contributed by atoms with Crippen LogP contribution >= 0.6 is 11.8 Å². The number of fused-ring (bicyclic) bond motifs is 1. The van der Waals surface area contributed by atoms with Gasteiger partial charge in [-0.3, -0.25) is 4.98 Å². The van der Waals surface area contributed by atoms with Gasteiger partial charge in [-0.1, -0.05) is 66.4 Å². The van der Waals surface area contributed by atoms with Gasteiger partial charge in [-0.15, -0.1) is 0 Å². The second-order valence-electron chi connectivity index (χ2n) is 7.11. The van der Waals surface area contributed by atoms with E-state index in [1.54, 1.807) is 18.7 Å². The molecule has 0 aliphatic heterocycles. The van der Waals surface area contributed by atoms with Gasteiger partial charge in [0, 0.05) is 22.7 Å². The van der Waals surface area contributed by atoms with Gasteiger partial charge in [0.1, 0.15) is 22.9 Å². The molecule has 2 aromatic carbocycles. The van der Waals surface area contributed by atoms with E-state index in [1.165, 1.54) is 11.8 Å². The highest BCUT2D eigenvalue weighted by atomic mass is 32.2. The summed E-state index contributed by atoms with van der Waals surface area (Å²) in [5.74, 6) is 1.39. The van der Waals surface area contributed by atoms with Gasteiger partial charge in [0.25, 0.3) is 0 Å². The van der Waals surface area contributed by atoms with Crippen molar-refractivity contribution in [1.29, 1.82) is 0 Å². The summed E-state index contributed by atoms with van der Waals surface area (Å²) in [6, 6.07) is 26.0. The lowest BCUT2D eigenvalue weighted by Gasteiger charge is -2.24. The molecule has 0 saturated carbocycles. The number of nitrogens with two attached hydrogens (primary N) is 1. The largest absolute Gasteiger partial charge is 0.394 e. The van der Waals surface area contributed by atoms with Gasteiger partial charge in [-0.2, -0.15) is 0 Å². The molecule has 0 aliphatic rings. The number of pyridine rings is 2. The first-order valence-electron chi connectivity index (χ1n) is 10.1. The molecule has 3 heterocycles. The molecule has 0 atom stereocenters. The van der Waals surface area contributed by atoms with Crippen molar-refractivity contribution in [2.75, 3.05) is 10.6 Å². The Morgan fingerprint density at radius 1 is 0.750 bits per heavy atom. The van der Waals surface area contributed by atoms with Crippen LogP contribution in [0.1, 0.15) is 5.56 Å². The maximum atomic E-state index is 6.63. The number of nitrogens with zero attached hydrogens (tertiary/aromatic N) is 5. The van der Waals surface area contributed by atoms with Crippen LogP contribution in [0.25, 0.3) is 10.9 Å². The minimum atomic E-state index is 0.506. The molecule has 6 nitrogen and oxygen atoms in total. The normalized spacial score (nSPS) is 10.9. The zero-order valence-corrected chi connectivity index (χ0v) is 18.0. The van der Waals surface area contributed by atoms with Crippen molar-refractivity contribution in [3.05, 3.63) is 103 Å². The van der Waals surface area contributed by atoms with Crippen LogP contribution in [-0.4, -0.2) is 19.9 Å². The summed E-state index contributed by atoms with van der Waals surface area (Å²) in [7, 11) is 0. The Balaban J connectivity index is 1.55. The Hall–Kier alpha value is -3.97. The van der Waals surface area contributed by atoms with Crippen LogP contribution in [0.4, 0.5) is 17.3 Å². The zero-order chi connectivity index (χ0) is 21.8. The van der Waals surface area contributed by atoms with Crippen molar-refractivity contribution >= 4 is 40.0 Å². The van der Waals surface area contributed by atoms with Crippen molar-refractivity contribution in [2.45, 2.75) is 16.5 Å². The van der Waals surface area contributed by atoms with Crippen LogP contribution < -0.4 is 10.6 Å². The molecule has 2 N–H and O–H groups in total. The van der Waals surface area contributed by atoms with E-state index >= 15 is 0 Å². The number of rotatable bonds is 6. The summed E-state index contributed by atoms with van der Waals surface area (Å²) in [6.45, 7) is 0.582. The van der Waals surface area contributed by atoms with E-state index in [0.29, 0.717) is 23.1 Å². The van der Waals surface area contributed by atoms with E-state index in [4.69, 9.17) is 5.73 Å². The molecule has 0 fully saturated rings. The summed E-state index contributed by atoms with van der Waals surface area (Å²) in [4.78, 5) is 21.1. The lowest BCUT2D eigenvalue weighted by Crippen LogP contribution is -2.20. The van der Waals surface area contributed by atoms with E-state index in [-0.39, 0.29) is 0 Å². The molecule has 0 aliphatic carbocycles. The first kappa shape index (κ1) is 20.0. The SMILES string of the molecule is Nc1c(Sc2cccc3cccnc23)ncnc1N(Cc1ccccc1)c1ccccn1. The highest BCUT2D eigenvalue weighted by Gasteiger charge is 2.19. The van der Waals surface area contributed by atoms with Crippen LogP contribution in [0.5, 0.6) is 0 Å². The number of para-hydroxylation sites is 1. The highest BCUT2D eigenvalue weighted by Crippen LogP contribution is 2.38. The van der Waals surface area contributed by atoms with Gasteiger partial charge in [-0.05, 0) is 29.8 Å². The fourth-order valence-corrected chi connectivity index (χ4v) is 4.40. The number of benzene rings is 2. The molecular formula is C25H20N6S. The molecule has 0 spiro atoms. The van der Waals surface area contributed by atoms with Gasteiger partial charge >= 0.3 is 0 Å². The monoisotopic (exact) mass is 436 g/mol. The molecule has 0 saturated heterocycles. The minimum Gasteiger partial charge on any atom is -0.394 e. The Kier molecular flexibility index (Phi) is 5.63. The van der Waals surface area contributed by atoms with E-state index in [2.05, 4.69) is 32.1 Å². The quantitative estimate of drug-likeness (QED) is 0.352. The van der Waals surface area contributed by atoms with Gasteiger partial charge in [0.15, 0.2) is 5.82 Å². The fourth-order valence-electron chi connectivity index (χ4n) is 3.47. The molecule has 5 aromatic rings. The Labute approximate surface area is 190 Å². The molecule has 0 bridgehead atoms. The Morgan fingerprint density at radius 2 is 1.56 bits per heavy atom. The Bertz CT molecular complexity index is 1340. The lowest BCUT2D eigenvalue weighted by molar-refractivity contribution is 0.905. The van der Waals surface area contributed by atoms with Crippen molar-refractivity contribution in [3.8, 4) is 0 Å². The first-order chi connectivity index (χ1) is 15.8. The van der Waals surface area contributed by atoms with Crippen LogP contribution in [0.3, 0.4) is 0 Å². The molecule has 0 radical (unpaired) electrons. The third-order valence-electron chi connectivity index (χ3n) is 4.99. The van der Waals surface area contributed by atoms with Crippen LogP contribution in [0, 0.1) is 0 Å². The molecule has 5 rings (SSSR count). The number of hydrogen-bond donors (Lipinski definition) is 1.